The number of amides is 9. The molecular formula is C71H84N18O18S6. The molecule has 5 aliphatic rings. The molecular weight excluding hydrogens is 1590 g/mol. The van der Waals surface area contributed by atoms with Crippen molar-refractivity contribution in [3.63, 3.8) is 0 Å². The van der Waals surface area contributed by atoms with Gasteiger partial charge in [0, 0.05) is 32.8 Å². The van der Waals surface area contributed by atoms with Crippen molar-refractivity contribution in [3.05, 3.63) is 148 Å². The first-order valence-corrected chi connectivity index (χ1v) is 40.1. The summed E-state index contributed by atoms with van der Waals surface area (Å²) < 4.78 is 6.35. The fourth-order valence-corrected chi connectivity index (χ4v) is 17.7. The second-order valence-corrected chi connectivity index (χ2v) is 32.8. The standard InChI is InChI=1S/C71H84N18O18S6/c1-14-37-63-82-43(22-109-63)59(100)88-52(70(13,106)34(12)92)66-84-45(24-112-66)62(108)87-48-33(11)107-68(105)40-19-36(31(9)90)35-15-16-38(50(93)49(35)78-40)77-46(25(2)3)60(101)75-28(6)54(95)72-26(4)53(94)73-29(7)56(97)89-71(69-85-44(23-113-69)58(99)86-47(32(10)91)61(102)80-37)18-17-39(79-51(71)41-20-111-65(48)81-41)64-83-42(21-110-64)57(98)74-27(5)55(96)76-30(8)67(103)104/h14-16,19-21,23-25,28-29,31-34,38-39,43,46-48,50-52,77,79,90-93,106H,4-5,8,17-18,22H2,1-3,6-7,9-13H3,(H,72,95)(H,73,94)(H,74,98)(H,75,101)(H,76,96)(H,80,102)(H,86,99)(H,87,108)(H,88,100)(H,89,97)(H,103,104)/t28-,29+,31-,32+,33+,34+,38-,39-,43-,46-,47-,48-,50+,51-,52-,70+,71-/m1/s1. The van der Waals surface area contributed by atoms with E-state index in [0.29, 0.717) is 0 Å². The van der Waals surface area contributed by atoms with E-state index in [0.717, 1.165) is 57.1 Å². The van der Waals surface area contributed by atoms with E-state index in [-0.39, 0.29) is 94.0 Å². The highest BCUT2D eigenvalue weighted by Crippen LogP contribution is 2.49. The van der Waals surface area contributed by atoms with Crippen LogP contribution in [0.25, 0.3) is 6.08 Å². The number of aliphatic imine (C=N–C) groups is 1. The van der Waals surface area contributed by atoms with E-state index in [1.165, 1.54) is 76.7 Å². The molecule has 0 aromatic carbocycles. The number of rotatable bonds is 11. The average Bonchev–Trinajstić information content (AvgIpc) is 1.72. The number of pyridine rings is 1. The maximum Gasteiger partial charge on any atom is 0.357 e. The summed E-state index contributed by atoms with van der Waals surface area (Å²) in [5.41, 5.74) is -6.44. The van der Waals surface area contributed by atoms with Crippen molar-refractivity contribution in [1.82, 2.24) is 88.7 Å². The predicted octanol–water partition coefficient (Wildman–Crippen LogP) is 1.36. The molecule has 1 fully saturated rings. The minimum atomic E-state index is -2.14. The van der Waals surface area contributed by atoms with Crippen LogP contribution in [0.3, 0.4) is 0 Å². The van der Waals surface area contributed by atoms with Crippen molar-refractivity contribution in [2.24, 2.45) is 10.9 Å². The number of aliphatic hydroxyl groups excluding tert-OH is 4. The van der Waals surface area contributed by atoms with Crippen molar-refractivity contribution in [2.45, 2.75) is 184 Å². The number of aromatic nitrogens is 5. The fourth-order valence-electron chi connectivity index (χ4n) is 12.4. The van der Waals surface area contributed by atoms with Crippen LogP contribution in [-0.4, -0.2) is 197 Å². The van der Waals surface area contributed by atoms with Gasteiger partial charge in [0.25, 0.3) is 23.6 Å². The number of esters is 1. The number of aliphatic carboxylic acids is 1. The van der Waals surface area contributed by atoms with Crippen LogP contribution in [0.5, 0.6) is 0 Å². The van der Waals surface area contributed by atoms with Crippen LogP contribution >= 0.6 is 69.3 Å². The van der Waals surface area contributed by atoms with E-state index >= 15 is 9.59 Å². The summed E-state index contributed by atoms with van der Waals surface area (Å²) in [7, 11) is 0. The molecule has 0 saturated carbocycles. The average molecular weight is 1670 g/mol. The van der Waals surface area contributed by atoms with Crippen LogP contribution in [0.4, 0.5) is 0 Å². The Labute approximate surface area is 671 Å². The molecule has 1 saturated heterocycles. The van der Waals surface area contributed by atoms with E-state index in [1.807, 2.05) is 5.32 Å². The Morgan fingerprint density at radius 2 is 1.44 bits per heavy atom. The van der Waals surface area contributed by atoms with Gasteiger partial charge in [-0.15, -0.1) is 57.1 Å². The Bertz CT molecular complexity index is 4790. The normalized spacial score (nSPS) is 27.5. The van der Waals surface area contributed by atoms with E-state index in [1.54, 1.807) is 38.3 Å². The Kier molecular flexibility index (Phi) is 26.7. The molecule has 10 rings (SSSR count). The number of thioether (sulfide) groups is 1. The first kappa shape index (κ1) is 85.6. The van der Waals surface area contributed by atoms with Gasteiger partial charge < -0.3 is 88.5 Å². The van der Waals surface area contributed by atoms with Crippen molar-refractivity contribution in [1.29, 1.82) is 0 Å². The van der Waals surface area contributed by atoms with Crippen LogP contribution in [0.15, 0.2) is 87.3 Å². The molecule has 5 aromatic heterocycles. The number of hydrogen-bond acceptors (Lipinski definition) is 31. The predicted molar refractivity (Wildman–Crippen MR) is 419 cm³/mol. The molecule has 5 aromatic rings. The number of nitrogens with zero attached hydrogens (tertiary/aromatic N) is 6. The monoisotopic (exact) mass is 1670 g/mol. The molecule has 17 atom stereocenters. The second-order valence-electron chi connectivity index (χ2n) is 27.8. The first-order valence-electron chi connectivity index (χ1n) is 35.2. The van der Waals surface area contributed by atoms with E-state index in [4.69, 9.17) is 31.9 Å². The Balaban J connectivity index is 1.16. The highest BCUT2D eigenvalue weighted by Gasteiger charge is 2.52. The number of piperidine rings is 1. The minimum absolute atomic E-state index is 0.0182. The molecule has 0 radical (unpaired) electrons. The number of fused-ring (bicyclic) bond motifs is 7. The summed E-state index contributed by atoms with van der Waals surface area (Å²) in [4.78, 5) is 183. The van der Waals surface area contributed by atoms with Gasteiger partial charge in [-0.25, -0.2) is 34.5 Å². The number of carbonyl (C=O) groups is 11. The summed E-state index contributed by atoms with van der Waals surface area (Å²) in [6.45, 7) is 24.9. The number of thiazole rings is 4. The Hall–Kier alpha value is -9.83. The summed E-state index contributed by atoms with van der Waals surface area (Å²) in [5.74, 6) is -11.5. The Morgan fingerprint density at radius 3 is 2.12 bits per heavy atom. The zero-order chi connectivity index (χ0) is 82.7. The molecule has 18 N–H and O–H groups in total. The number of aliphatic hydroxyl groups is 5. The SMILES string of the molecule is C=C(NC(=O)C(=C)NC(=O)c1csc([C@H]2CC[C@]34NC(=O)[C@H](C)NC(=O)C(=C)NC(=O)[C@@H](C)NC(=O)[C@@H](C(C)C)N[C@@H]5C=Cc6c([C@@H](C)O)cc(nc6[C@H]5O)C(=O)O[C@@H](C)[C@@H](NC(=S)c5csc(n5)[C@H]([C@@](C)(O)[C@H](C)O)NC(=O)[C@H]5CSC(=N5)C(=CC)NC(=O)[C@@H]([C@H](C)O)NC(=O)c5csc3n5)c3nc(cs3)[C@H]4N2)n1)C(=O)O. The van der Waals surface area contributed by atoms with Crippen LogP contribution < -0.4 is 63.8 Å². The number of hydrogen-bond donors (Lipinski definition) is 18. The van der Waals surface area contributed by atoms with Crippen molar-refractivity contribution >= 4 is 151 Å². The largest absolute Gasteiger partial charge is 0.477 e. The zero-order valence-corrected chi connectivity index (χ0v) is 67.2. The number of ether oxygens (including phenoxy) is 1. The number of nitrogens with one attached hydrogen (secondary N) is 12. The van der Waals surface area contributed by atoms with Gasteiger partial charge in [-0.3, -0.25) is 58.8 Å². The molecule has 42 heteroatoms. The zero-order valence-electron chi connectivity index (χ0n) is 62.3. The van der Waals surface area contributed by atoms with Crippen molar-refractivity contribution in [2.75, 3.05) is 5.75 Å². The van der Waals surface area contributed by atoms with E-state index in [2.05, 4.69) is 93.2 Å². The van der Waals surface area contributed by atoms with Gasteiger partial charge in [0.15, 0.2) is 0 Å². The molecule has 36 nitrogen and oxygen atoms in total. The van der Waals surface area contributed by atoms with Crippen LogP contribution in [0.2, 0.25) is 0 Å². The van der Waals surface area contributed by atoms with Crippen LogP contribution in [-0.2, 0) is 48.6 Å². The fraction of sp³-hybridized carbons (Fsp3) is 0.437. The van der Waals surface area contributed by atoms with Crippen LogP contribution in [0.1, 0.15) is 198 Å². The number of allylic oxidation sites excluding steroid dienone is 1. The number of thiocarbonyl (C=S) groups is 1. The summed E-state index contributed by atoms with van der Waals surface area (Å²) in [5, 5.41) is 106. The van der Waals surface area contributed by atoms with Crippen molar-refractivity contribution in [3.8, 4) is 0 Å². The number of carboxylic acids is 1. The molecule has 9 amide bonds. The minimum Gasteiger partial charge on any atom is -0.477 e. The highest BCUT2D eigenvalue weighted by molar-refractivity contribution is 8.14. The maximum absolute atomic E-state index is 15.4. The van der Waals surface area contributed by atoms with Gasteiger partial charge in [0.1, 0.15) is 118 Å². The molecule has 0 unspecified atom stereocenters. The lowest BCUT2D eigenvalue weighted by molar-refractivity contribution is -0.134. The van der Waals surface area contributed by atoms with Gasteiger partial charge in [-0.05, 0) is 85.8 Å². The van der Waals surface area contributed by atoms with Crippen molar-refractivity contribution < 1.29 is 88.1 Å². The smallest absolute Gasteiger partial charge is 0.357 e. The van der Waals surface area contributed by atoms with Gasteiger partial charge in [-0.2, -0.15) is 0 Å². The maximum atomic E-state index is 15.4. The lowest BCUT2D eigenvalue weighted by atomic mass is 9.78. The quantitative estimate of drug-likeness (QED) is 0.0504. The molecule has 0 spiro atoms. The third-order valence-corrected chi connectivity index (χ3v) is 24.4. The molecule has 13 bridgehead atoms. The third-order valence-electron chi connectivity index (χ3n) is 19.1. The van der Waals surface area contributed by atoms with Gasteiger partial charge >= 0.3 is 11.9 Å². The summed E-state index contributed by atoms with van der Waals surface area (Å²) >= 11 is 11.0. The molecule has 113 heavy (non-hydrogen) atoms. The lowest BCUT2D eigenvalue weighted by Crippen LogP contribution is -2.61. The summed E-state index contributed by atoms with van der Waals surface area (Å²) in [6.07, 6.45) is -3.02. The molecule has 9 heterocycles. The molecule has 4 aliphatic heterocycles. The van der Waals surface area contributed by atoms with Crippen LogP contribution in [0, 0.1) is 5.92 Å². The van der Waals surface area contributed by atoms with Gasteiger partial charge in [-0.1, -0.05) is 64.0 Å². The molecule has 1 aliphatic carbocycles. The third kappa shape index (κ3) is 18.9. The summed E-state index contributed by atoms with van der Waals surface area (Å²) in [6, 6.07) is -11.8. The van der Waals surface area contributed by atoms with Gasteiger partial charge in [0.2, 0.25) is 29.5 Å². The van der Waals surface area contributed by atoms with E-state index in [9.17, 15) is 73.8 Å². The second kappa shape index (κ2) is 35.3. The Morgan fingerprint density at radius 1 is 0.752 bits per heavy atom. The highest BCUT2D eigenvalue weighted by atomic mass is 32.2. The molecule has 602 valence electrons. The first-order chi connectivity index (χ1) is 53.2. The number of cyclic esters (lactones) is 1. The lowest BCUT2D eigenvalue weighted by Gasteiger charge is -2.46. The number of carbonyl (C=O) groups excluding carboxylic acids is 10. The van der Waals surface area contributed by atoms with Gasteiger partial charge in [0.05, 0.1) is 71.0 Å². The topological polar surface area (TPSA) is 540 Å². The van der Waals surface area contributed by atoms with E-state index < -0.39 is 196 Å². The number of carboxylic acid groups (broad SMARTS) is 1.